The van der Waals surface area contributed by atoms with Crippen LogP contribution in [0.1, 0.15) is 12.8 Å². The monoisotopic (exact) mass is 211 g/mol. The molecule has 1 aliphatic rings. The molecule has 1 aromatic heterocycles. The third-order valence-electron chi connectivity index (χ3n) is 2.22. The zero-order valence-electron chi connectivity index (χ0n) is 7.82. The molecule has 2 N–H and O–H groups in total. The number of nitrogens with zero attached hydrogens (tertiary/aromatic N) is 1. The molecule has 5 heteroatoms. The van der Waals surface area contributed by atoms with Crippen LogP contribution in [0.5, 0.6) is 0 Å². The number of hydrogen-bond donors (Lipinski definition) is 2. The van der Waals surface area contributed by atoms with Crippen LogP contribution in [0.3, 0.4) is 0 Å². The van der Waals surface area contributed by atoms with E-state index in [1.54, 1.807) is 6.33 Å². The number of ether oxygens (including phenoxy) is 1. The molecule has 0 spiro atoms. The van der Waals surface area contributed by atoms with E-state index in [-0.39, 0.29) is 0 Å². The first-order valence-electron chi connectivity index (χ1n) is 4.75. The summed E-state index contributed by atoms with van der Waals surface area (Å²) in [6, 6.07) is 1.81. The van der Waals surface area contributed by atoms with Crippen LogP contribution >= 0.6 is 12.2 Å². The number of anilines is 1. The van der Waals surface area contributed by atoms with Gasteiger partial charge >= 0.3 is 0 Å². The standard InChI is InChI=1S/C9H13N3OS/c14-9-4-8(11-6-12-9)10-5-7-2-1-3-13-7/h4,6-7H,1-3,5H2,(H2,10,11,12,14). The van der Waals surface area contributed by atoms with Crippen molar-refractivity contribution in [1.82, 2.24) is 9.97 Å². The Bertz CT molecular complexity index is 346. The van der Waals surface area contributed by atoms with Gasteiger partial charge in [-0.05, 0) is 12.8 Å². The second kappa shape index (κ2) is 4.52. The van der Waals surface area contributed by atoms with Crippen LogP contribution < -0.4 is 5.32 Å². The Morgan fingerprint density at radius 2 is 2.64 bits per heavy atom. The van der Waals surface area contributed by atoms with E-state index in [1.165, 1.54) is 6.42 Å². The van der Waals surface area contributed by atoms with Gasteiger partial charge in [-0.3, -0.25) is 0 Å². The SMILES string of the molecule is S=c1cc(NCC2CCCO2)[nH]cn1. The molecular weight excluding hydrogens is 198 g/mol. The summed E-state index contributed by atoms with van der Waals surface area (Å²) in [6.07, 6.45) is 4.24. The van der Waals surface area contributed by atoms with Crippen molar-refractivity contribution in [3.63, 3.8) is 0 Å². The van der Waals surface area contributed by atoms with Gasteiger partial charge in [0, 0.05) is 19.2 Å². The van der Waals surface area contributed by atoms with Crippen LogP contribution in [0.2, 0.25) is 0 Å². The fourth-order valence-corrected chi connectivity index (χ4v) is 1.67. The summed E-state index contributed by atoms with van der Waals surface area (Å²) in [7, 11) is 0. The molecule has 0 aromatic carbocycles. The molecule has 1 saturated heterocycles. The highest BCUT2D eigenvalue weighted by atomic mass is 32.1. The van der Waals surface area contributed by atoms with Crippen molar-refractivity contribution >= 4 is 18.0 Å². The van der Waals surface area contributed by atoms with Gasteiger partial charge in [0.2, 0.25) is 0 Å². The molecule has 2 heterocycles. The average Bonchev–Trinajstić information content (AvgIpc) is 2.67. The van der Waals surface area contributed by atoms with Gasteiger partial charge in [0.15, 0.2) is 0 Å². The summed E-state index contributed by atoms with van der Waals surface area (Å²) in [5, 5.41) is 3.24. The van der Waals surface area contributed by atoms with Gasteiger partial charge in [0.05, 0.1) is 12.4 Å². The number of H-pyrrole nitrogens is 1. The summed E-state index contributed by atoms with van der Waals surface area (Å²) >= 11 is 4.95. The van der Waals surface area contributed by atoms with E-state index < -0.39 is 0 Å². The van der Waals surface area contributed by atoms with Crippen molar-refractivity contribution in [2.75, 3.05) is 18.5 Å². The van der Waals surface area contributed by atoms with Gasteiger partial charge in [0.1, 0.15) is 10.5 Å². The highest BCUT2D eigenvalue weighted by molar-refractivity contribution is 7.71. The average molecular weight is 211 g/mol. The van der Waals surface area contributed by atoms with Crippen LogP contribution in [-0.2, 0) is 4.74 Å². The molecule has 1 atom stereocenters. The number of rotatable bonds is 3. The van der Waals surface area contributed by atoms with E-state index in [0.29, 0.717) is 10.7 Å². The van der Waals surface area contributed by atoms with Gasteiger partial charge in [-0.1, -0.05) is 12.2 Å². The summed E-state index contributed by atoms with van der Waals surface area (Å²) < 4.78 is 6.08. The van der Waals surface area contributed by atoms with Crippen molar-refractivity contribution < 1.29 is 4.74 Å². The van der Waals surface area contributed by atoms with Crippen LogP contribution in [0, 0.1) is 4.64 Å². The first-order valence-corrected chi connectivity index (χ1v) is 5.15. The molecule has 4 nitrogen and oxygen atoms in total. The van der Waals surface area contributed by atoms with Gasteiger partial charge in [-0.15, -0.1) is 0 Å². The summed E-state index contributed by atoms with van der Waals surface area (Å²) in [5.74, 6) is 0.903. The summed E-state index contributed by atoms with van der Waals surface area (Å²) in [4.78, 5) is 6.90. The normalized spacial score (nSPS) is 21.0. The quantitative estimate of drug-likeness (QED) is 0.748. The Kier molecular flexibility index (Phi) is 3.10. The lowest BCUT2D eigenvalue weighted by Gasteiger charge is -2.11. The number of aromatic nitrogens is 2. The van der Waals surface area contributed by atoms with E-state index in [2.05, 4.69) is 15.3 Å². The van der Waals surface area contributed by atoms with E-state index in [4.69, 9.17) is 17.0 Å². The molecule has 0 amide bonds. The number of hydrogen-bond acceptors (Lipinski definition) is 4. The summed E-state index contributed by atoms with van der Waals surface area (Å²) in [5.41, 5.74) is 0. The third-order valence-corrected chi connectivity index (χ3v) is 2.45. The van der Waals surface area contributed by atoms with Crippen LogP contribution in [-0.4, -0.2) is 29.2 Å². The minimum absolute atomic E-state index is 0.338. The molecular formula is C9H13N3OS. The van der Waals surface area contributed by atoms with Gasteiger partial charge in [-0.2, -0.15) is 0 Å². The number of aromatic amines is 1. The van der Waals surface area contributed by atoms with E-state index in [9.17, 15) is 0 Å². The van der Waals surface area contributed by atoms with Crippen LogP contribution in [0.25, 0.3) is 0 Å². The lowest BCUT2D eigenvalue weighted by Crippen LogP contribution is -2.18. The van der Waals surface area contributed by atoms with E-state index in [0.717, 1.165) is 25.4 Å². The third kappa shape index (κ3) is 2.52. The highest BCUT2D eigenvalue weighted by Crippen LogP contribution is 2.12. The molecule has 14 heavy (non-hydrogen) atoms. The van der Waals surface area contributed by atoms with E-state index in [1.807, 2.05) is 6.07 Å². The molecule has 0 aliphatic carbocycles. The molecule has 76 valence electrons. The zero-order valence-corrected chi connectivity index (χ0v) is 8.64. The molecule has 0 radical (unpaired) electrons. The topological polar surface area (TPSA) is 49.9 Å². The lowest BCUT2D eigenvalue weighted by atomic mass is 10.2. The maximum absolute atomic E-state index is 5.49. The predicted molar refractivity (Wildman–Crippen MR) is 56.9 cm³/mol. The molecule has 0 bridgehead atoms. The molecule has 0 saturated carbocycles. The summed E-state index contributed by atoms with van der Waals surface area (Å²) in [6.45, 7) is 1.72. The molecule has 1 fully saturated rings. The fraction of sp³-hybridized carbons (Fsp3) is 0.556. The Labute approximate surface area is 87.7 Å². The highest BCUT2D eigenvalue weighted by Gasteiger charge is 2.14. The molecule has 1 aliphatic heterocycles. The smallest absolute Gasteiger partial charge is 0.131 e. The van der Waals surface area contributed by atoms with Crippen molar-refractivity contribution in [2.24, 2.45) is 0 Å². The largest absolute Gasteiger partial charge is 0.376 e. The second-order valence-corrected chi connectivity index (χ2v) is 3.73. The van der Waals surface area contributed by atoms with Crippen molar-refractivity contribution in [1.29, 1.82) is 0 Å². The van der Waals surface area contributed by atoms with Crippen LogP contribution in [0.4, 0.5) is 5.82 Å². The maximum atomic E-state index is 5.49. The molecule has 1 unspecified atom stereocenters. The molecule has 2 rings (SSSR count). The second-order valence-electron chi connectivity index (χ2n) is 3.31. The van der Waals surface area contributed by atoms with Gasteiger partial charge in [-0.25, -0.2) is 4.98 Å². The van der Waals surface area contributed by atoms with Crippen LogP contribution in [0.15, 0.2) is 12.4 Å². The Morgan fingerprint density at radius 3 is 3.36 bits per heavy atom. The predicted octanol–water partition coefficient (Wildman–Crippen LogP) is 1.73. The van der Waals surface area contributed by atoms with Gasteiger partial charge in [0.25, 0.3) is 0 Å². The molecule has 1 aromatic rings. The van der Waals surface area contributed by atoms with Crippen molar-refractivity contribution in [3.05, 3.63) is 17.0 Å². The first kappa shape index (κ1) is 9.61. The van der Waals surface area contributed by atoms with E-state index >= 15 is 0 Å². The Balaban J connectivity index is 1.88. The minimum atomic E-state index is 0.338. The van der Waals surface area contributed by atoms with Crippen molar-refractivity contribution in [2.45, 2.75) is 18.9 Å². The zero-order chi connectivity index (χ0) is 9.80. The minimum Gasteiger partial charge on any atom is -0.376 e. The lowest BCUT2D eigenvalue weighted by molar-refractivity contribution is 0.120. The van der Waals surface area contributed by atoms with Crippen molar-refractivity contribution in [3.8, 4) is 0 Å². The fourth-order valence-electron chi connectivity index (χ4n) is 1.50. The Morgan fingerprint density at radius 1 is 1.71 bits per heavy atom. The number of nitrogens with one attached hydrogen (secondary N) is 2. The first-order chi connectivity index (χ1) is 6.84. The maximum Gasteiger partial charge on any atom is 0.131 e. The van der Waals surface area contributed by atoms with Gasteiger partial charge < -0.3 is 15.0 Å². The Hall–Kier alpha value is -0.940.